The van der Waals surface area contributed by atoms with Gasteiger partial charge in [0.15, 0.2) is 5.92 Å². The third-order valence-corrected chi connectivity index (χ3v) is 7.81. The Morgan fingerprint density at radius 1 is 1.35 bits per heavy atom. The van der Waals surface area contributed by atoms with Gasteiger partial charge in [0.1, 0.15) is 18.3 Å². The first-order chi connectivity index (χ1) is 15.6. The second-order valence-corrected chi connectivity index (χ2v) is 13.0. The maximum absolute atomic E-state index is 13.6. The molecule has 2 aliphatic heterocycles. The minimum absolute atomic E-state index is 0.0713. The second kappa shape index (κ2) is 8.84. The molecule has 34 heavy (non-hydrogen) atoms. The van der Waals surface area contributed by atoms with Crippen LogP contribution in [0.2, 0.25) is 0 Å². The number of sulfonamides is 1. The van der Waals surface area contributed by atoms with Crippen LogP contribution in [-0.2, 0) is 24.4 Å². The Morgan fingerprint density at radius 3 is 2.50 bits per heavy atom. The summed E-state index contributed by atoms with van der Waals surface area (Å²) < 4.78 is 26.6. The van der Waals surface area contributed by atoms with Crippen molar-refractivity contribution in [2.24, 2.45) is 34.5 Å². The number of nitrogens with zero attached hydrogens (tertiary/aromatic N) is 3. The molecule has 0 aromatic carbocycles. The van der Waals surface area contributed by atoms with Gasteiger partial charge in [0, 0.05) is 19.0 Å². The van der Waals surface area contributed by atoms with Gasteiger partial charge in [-0.05, 0) is 35.5 Å². The molecule has 1 saturated carbocycles. The zero-order valence-corrected chi connectivity index (χ0v) is 21.4. The number of hydrogen-bond donors (Lipinski definition) is 2. The molecule has 0 bridgehead atoms. The first-order valence-electron chi connectivity index (χ1n) is 11.5. The summed E-state index contributed by atoms with van der Waals surface area (Å²) in [6, 6.07) is 2.94. The van der Waals surface area contributed by atoms with Gasteiger partial charge in [-0.1, -0.05) is 34.6 Å². The van der Waals surface area contributed by atoms with Crippen LogP contribution in [0.25, 0.3) is 4.25 Å². The van der Waals surface area contributed by atoms with E-state index >= 15 is 0 Å². The Balaban J connectivity index is 1.84. The van der Waals surface area contributed by atoms with E-state index in [0.29, 0.717) is 19.5 Å². The van der Waals surface area contributed by atoms with E-state index in [1.54, 1.807) is 20.8 Å². The molecular formula is C23H34N5O5S+. The Morgan fingerprint density at radius 2 is 2.00 bits per heavy atom. The zero-order chi connectivity index (χ0) is 25.6. The average Bonchev–Trinajstić information content (AvgIpc) is 3.07. The Kier molecular flexibility index (Phi) is 6.75. The lowest BCUT2D eigenvalue weighted by atomic mass is 9.80. The van der Waals surface area contributed by atoms with Crippen molar-refractivity contribution in [1.29, 1.82) is 5.26 Å². The SMILES string of the molecule is CC(C)(C)C(C#[N+]S(C)(=O)=O)C(=O)N1C[C@H]2[C@@H]([C@H]1C(=O)N[C@H](C#N)C[C@@H]1CCNC1=O)C2(C)C. The van der Waals surface area contributed by atoms with E-state index in [2.05, 4.69) is 27.0 Å². The smallest absolute Gasteiger partial charge is 0.356 e. The van der Waals surface area contributed by atoms with E-state index in [9.17, 15) is 28.1 Å². The standard InChI is InChI=1S/C23H33N5O5S/c1-22(2,3)15(11-26-34(6,32)33)21(31)28-12-16-17(23(16,4)5)18(28)20(30)27-14(10-24)9-13-7-8-25-19(13)29/h13-18H,7-9,12H2,1-6H3,(H-,25,27,29,30)/p+1/t13-,14-,15?,16-,17-,18-/m0/s1. The van der Waals surface area contributed by atoms with Crippen molar-refractivity contribution in [3.05, 3.63) is 4.25 Å². The summed E-state index contributed by atoms with van der Waals surface area (Å²) in [4.78, 5) is 40.4. The highest BCUT2D eigenvalue weighted by Crippen LogP contribution is 2.65. The number of hydrogen-bond acceptors (Lipinski definition) is 6. The number of carbonyl (C=O) groups excluding carboxylic acids is 3. The fraction of sp³-hybridized carbons (Fsp3) is 0.783. The van der Waals surface area contributed by atoms with Crippen LogP contribution < -0.4 is 10.6 Å². The lowest BCUT2D eigenvalue weighted by Gasteiger charge is -2.34. The van der Waals surface area contributed by atoms with Gasteiger partial charge >= 0.3 is 16.1 Å². The first-order valence-corrected chi connectivity index (χ1v) is 13.4. The van der Waals surface area contributed by atoms with Gasteiger partial charge in [-0.2, -0.15) is 5.26 Å². The largest absolute Gasteiger partial charge is 0.476 e. The van der Waals surface area contributed by atoms with Gasteiger partial charge in [-0.25, -0.2) is 0 Å². The molecule has 2 saturated heterocycles. The summed E-state index contributed by atoms with van der Waals surface area (Å²) in [6.07, 6.45) is 1.76. The Bertz CT molecular complexity index is 1090. The van der Waals surface area contributed by atoms with Crippen molar-refractivity contribution < 1.29 is 22.8 Å². The van der Waals surface area contributed by atoms with Crippen molar-refractivity contribution in [1.82, 2.24) is 15.5 Å². The average molecular weight is 493 g/mol. The third-order valence-electron chi connectivity index (χ3n) is 7.38. The molecule has 3 rings (SSSR count). The summed E-state index contributed by atoms with van der Waals surface area (Å²) >= 11 is 0. The fourth-order valence-corrected chi connectivity index (χ4v) is 5.60. The highest BCUT2D eigenvalue weighted by atomic mass is 32.2. The molecule has 3 aliphatic rings. The summed E-state index contributed by atoms with van der Waals surface area (Å²) in [5.41, 5.74) is -0.812. The van der Waals surface area contributed by atoms with Crippen LogP contribution >= 0.6 is 0 Å². The fourth-order valence-electron chi connectivity index (χ4n) is 5.30. The number of nitrogens with one attached hydrogen (secondary N) is 2. The van der Waals surface area contributed by atoms with Crippen LogP contribution in [-0.4, -0.2) is 62.5 Å². The van der Waals surface area contributed by atoms with Gasteiger partial charge in [0.25, 0.3) is 0 Å². The molecule has 0 radical (unpaired) electrons. The molecule has 1 aliphatic carbocycles. The lowest BCUT2D eigenvalue weighted by molar-refractivity contribution is -0.144. The minimum atomic E-state index is -3.73. The summed E-state index contributed by atoms with van der Waals surface area (Å²) in [5.74, 6) is -2.20. The first kappa shape index (κ1) is 26.0. The van der Waals surface area contributed by atoms with Crippen LogP contribution in [0.3, 0.4) is 0 Å². The molecule has 186 valence electrons. The van der Waals surface area contributed by atoms with Crippen LogP contribution in [0.5, 0.6) is 0 Å². The van der Waals surface area contributed by atoms with Crippen molar-refractivity contribution in [2.75, 3.05) is 19.3 Å². The van der Waals surface area contributed by atoms with Gasteiger partial charge in [-0.3, -0.25) is 14.4 Å². The van der Waals surface area contributed by atoms with E-state index in [1.165, 1.54) is 4.90 Å². The van der Waals surface area contributed by atoms with E-state index in [-0.39, 0.29) is 35.5 Å². The van der Waals surface area contributed by atoms with Gasteiger partial charge in [0.05, 0.1) is 10.3 Å². The molecule has 0 aromatic rings. The number of piperidine rings is 1. The lowest BCUT2D eigenvalue weighted by Crippen LogP contribution is -2.54. The zero-order valence-electron chi connectivity index (χ0n) is 20.6. The minimum Gasteiger partial charge on any atom is -0.356 e. The van der Waals surface area contributed by atoms with E-state index < -0.39 is 45.3 Å². The van der Waals surface area contributed by atoms with Crippen LogP contribution in [0, 0.1) is 51.9 Å². The second-order valence-electron chi connectivity index (χ2n) is 11.3. The van der Waals surface area contributed by atoms with Crippen molar-refractivity contribution in [3.8, 4) is 12.1 Å². The number of nitriles is 1. The summed E-state index contributed by atoms with van der Waals surface area (Å²) in [7, 11) is -3.73. The molecule has 2 N–H and O–H groups in total. The predicted octanol–water partition coefficient (Wildman–Crippen LogP) is 0.959. The van der Waals surface area contributed by atoms with Crippen molar-refractivity contribution >= 4 is 27.7 Å². The summed E-state index contributed by atoms with van der Waals surface area (Å²) in [5, 5.41) is 15.1. The number of likely N-dealkylation sites (tertiary alicyclic amines) is 1. The molecule has 3 amide bonds. The molecule has 0 aromatic heterocycles. The highest BCUT2D eigenvalue weighted by Gasteiger charge is 2.70. The summed E-state index contributed by atoms with van der Waals surface area (Å²) in [6.45, 7) is 10.4. The number of carbonyl (C=O) groups is 3. The number of amides is 3. The van der Waals surface area contributed by atoms with Gasteiger partial charge in [-0.15, -0.1) is 8.42 Å². The van der Waals surface area contributed by atoms with Crippen LogP contribution in [0.15, 0.2) is 0 Å². The van der Waals surface area contributed by atoms with Crippen LogP contribution in [0.1, 0.15) is 47.5 Å². The van der Waals surface area contributed by atoms with E-state index in [1.807, 2.05) is 13.8 Å². The molecule has 3 fully saturated rings. The van der Waals surface area contributed by atoms with Crippen molar-refractivity contribution in [2.45, 2.75) is 59.5 Å². The topological polar surface area (TPSA) is 141 Å². The molecular weight excluding hydrogens is 458 g/mol. The quantitative estimate of drug-likeness (QED) is 0.586. The molecule has 0 spiro atoms. The predicted molar refractivity (Wildman–Crippen MR) is 125 cm³/mol. The maximum Gasteiger partial charge on any atom is 0.476 e. The van der Waals surface area contributed by atoms with E-state index in [4.69, 9.17) is 0 Å². The molecule has 10 nitrogen and oxygen atoms in total. The molecule has 1 unspecified atom stereocenters. The molecule has 2 heterocycles. The maximum atomic E-state index is 13.6. The molecule has 6 atom stereocenters. The Labute approximate surface area is 201 Å². The van der Waals surface area contributed by atoms with Gasteiger partial charge in [0.2, 0.25) is 17.7 Å². The van der Waals surface area contributed by atoms with Crippen LogP contribution in [0.4, 0.5) is 0 Å². The monoisotopic (exact) mass is 492 g/mol. The van der Waals surface area contributed by atoms with Gasteiger partial charge < -0.3 is 15.5 Å². The highest BCUT2D eigenvalue weighted by molar-refractivity contribution is 7.92. The number of fused-ring (bicyclic) bond motifs is 1. The molecule has 11 heteroatoms. The normalized spacial score (nSPS) is 29.1. The Hall–Kier alpha value is -2.66. The third kappa shape index (κ3) is 5.20. The number of rotatable bonds is 5. The van der Waals surface area contributed by atoms with E-state index in [0.717, 1.165) is 6.26 Å². The van der Waals surface area contributed by atoms with Crippen molar-refractivity contribution in [3.63, 3.8) is 0 Å².